The Morgan fingerprint density at radius 1 is 0.976 bits per heavy atom. The molecular formula is C31H38ClN3O5S. The summed E-state index contributed by atoms with van der Waals surface area (Å²) in [7, 11) is -2.75. The third kappa shape index (κ3) is 8.24. The van der Waals surface area contributed by atoms with E-state index in [2.05, 4.69) is 5.32 Å². The van der Waals surface area contributed by atoms with Crippen LogP contribution in [-0.4, -0.2) is 51.4 Å². The van der Waals surface area contributed by atoms with Crippen molar-refractivity contribution in [2.24, 2.45) is 0 Å². The molecule has 3 aromatic carbocycles. The second-order valence-corrected chi connectivity index (χ2v) is 12.0. The molecule has 0 fully saturated rings. The predicted molar refractivity (Wildman–Crippen MR) is 163 cm³/mol. The van der Waals surface area contributed by atoms with Gasteiger partial charge in [0.05, 0.1) is 17.7 Å². The standard InChI is InChI=1S/C31H38ClN3O5S/c1-5-7-20-33-31(37)27(6-2)34(21-24-14-16-25(32)17-15-24)30(36)22-35(28-10-8-9-11-29(28)40-4)41(38,39)26-18-12-23(3)13-19-26/h8-19,27H,5-7,20-22H2,1-4H3,(H,33,37)/t27-/m0/s1. The first-order valence-corrected chi connectivity index (χ1v) is 15.5. The highest BCUT2D eigenvalue weighted by atomic mass is 35.5. The Morgan fingerprint density at radius 3 is 2.24 bits per heavy atom. The lowest BCUT2D eigenvalue weighted by atomic mass is 10.1. The molecular weight excluding hydrogens is 562 g/mol. The summed E-state index contributed by atoms with van der Waals surface area (Å²) in [5.41, 5.74) is 1.88. The van der Waals surface area contributed by atoms with Crippen LogP contribution in [0.15, 0.2) is 77.7 Å². The van der Waals surface area contributed by atoms with Gasteiger partial charge in [-0.05, 0) is 61.7 Å². The van der Waals surface area contributed by atoms with Gasteiger partial charge in [0.2, 0.25) is 11.8 Å². The van der Waals surface area contributed by atoms with Crippen LogP contribution < -0.4 is 14.4 Å². The smallest absolute Gasteiger partial charge is 0.264 e. The maximum Gasteiger partial charge on any atom is 0.264 e. The zero-order chi connectivity index (χ0) is 30.0. The van der Waals surface area contributed by atoms with Crippen molar-refractivity contribution < 1.29 is 22.7 Å². The Balaban J connectivity index is 2.06. The van der Waals surface area contributed by atoms with Crippen molar-refractivity contribution in [1.82, 2.24) is 10.2 Å². The molecule has 0 aliphatic heterocycles. The Morgan fingerprint density at radius 2 is 1.63 bits per heavy atom. The van der Waals surface area contributed by atoms with Crippen LogP contribution in [0, 0.1) is 6.92 Å². The third-order valence-corrected chi connectivity index (χ3v) is 8.75. The minimum atomic E-state index is -4.19. The molecule has 41 heavy (non-hydrogen) atoms. The fourth-order valence-corrected chi connectivity index (χ4v) is 5.95. The number of halogens is 1. The second kappa shape index (κ2) is 14.9. The molecule has 220 valence electrons. The van der Waals surface area contributed by atoms with Crippen molar-refractivity contribution in [3.8, 4) is 5.75 Å². The molecule has 1 N–H and O–H groups in total. The van der Waals surface area contributed by atoms with Gasteiger partial charge in [0.1, 0.15) is 18.3 Å². The maximum absolute atomic E-state index is 14.1. The topological polar surface area (TPSA) is 96.0 Å². The van der Waals surface area contributed by atoms with E-state index in [9.17, 15) is 18.0 Å². The number of carbonyl (C=O) groups excluding carboxylic acids is 2. The van der Waals surface area contributed by atoms with Crippen LogP contribution in [0.4, 0.5) is 5.69 Å². The predicted octanol–water partition coefficient (Wildman–Crippen LogP) is 5.58. The van der Waals surface area contributed by atoms with Crippen LogP contribution in [-0.2, 0) is 26.2 Å². The number of amides is 2. The molecule has 0 bridgehead atoms. The molecule has 0 aromatic heterocycles. The summed E-state index contributed by atoms with van der Waals surface area (Å²) in [6.45, 7) is 5.77. The molecule has 3 aromatic rings. The number of hydrogen-bond acceptors (Lipinski definition) is 5. The number of carbonyl (C=O) groups is 2. The molecule has 0 heterocycles. The summed E-state index contributed by atoms with van der Waals surface area (Å²) >= 11 is 6.08. The highest BCUT2D eigenvalue weighted by Crippen LogP contribution is 2.32. The van der Waals surface area contributed by atoms with Crippen LogP contribution in [0.25, 0.3) is 0 Å². The van der Waals surface area contributed by atoms with Gasteiger partial charge in [0.15, 0.2) is 0 Å². The van der Waals surface area contributed by atoms with Gasteiger partial charge in [-0.3, -0.25) is 13.9 Å². The van der Waals surface area contributed by atoms with Crippen LogP contribution >= 0.6 is 11.6 Å². The van der Waals surface area contributed by atoms with Crippen molar-refractivity contribution in [2.45, 2.75) is 57.5 Å². The van der Waals surface area contributed by atoms with E-state index in [4.69, 9.17) is 16.3 Å². The third-order valence-electron chi connectivity index (χ3n) is 6.72. The van der Waals surface area contributed by atoms with Crippen molar-refractivity contribution in [2.75, 3.05) is 24.5 Å². The average molecular weight is 600 g/mol. The zero-order valence-electron chi connectivity index (χ0n) is 24.0. The van der Waals surface area contributed by atoms with E-state index < -0.39 is 28.5 Å². The lowest BCUT2D eigenvalue weighted by Crippen LogP contribution is -2.52. The summed E-state index contributed by atoms with van der Waals surface area (Å²) in [5, 5.41) is 3.47. The maximum atomic E-state index is 14.1. The van der Waals surface area contributed by atoms with Crippen LogP contribution in [0.2, 0.25) is 5.02 Å². The lowest BCUT2D eigenvalue weighted by Gasteiger charge is -2.33. The summed E-state index contributed by atoms with van der Waals surface area (Å²) in [6, 6.07) is 19.3. The largest absolute Gasteiger partial charge is 0.495 e. The molecule has 0 aliphatic rings. The molecule has 0 saturated carbocycles. The molecule has 10 heteroatoms. The van der Waals surface area contributed by atoms with Gasteiger partial charge < -0.3 is 15.0 Å². The quantitative estimate of drug-likeness (QED) is 0.244. The molecule has 0 radical (unpaired) electrons. The van der Waals surface area contributed by atoms with E-state index in [1.54, 1.807) is 60.7 Å². The van der Waals surface area contributed by atoms with E-state index in [1.165, 1.54) is 24.1 Å². The molecule has 0 spiro atoms. The van der Waals surface area contributed by atoms with Gasteiger partial charge in [-0.2, -0.15) is 0 Å². The van der Waals surface area contributed by atoms with Crippen LogP contribution in [0.1, 0.15) is 44.2 Å². The minimum Gasteiger partial charge on any atom is -0.495 e. The van der Waals surface area contributed by atoms with Crippen molar-refractivity contribution >= 4 is 39.1 Å². The monoisotopic (exact) mass is 599 g/mol. The van der Waals surface area contributed by atoms with Crippen molar-refractivity contribution in [3.05, 3.63) is 88.9 Å². The van der Waals surface area contributed by atoms with E-state index >= 15 is 0 Å². The number of rotatable bonds is 14. The highest BCUT2D eigenvalue weighted by Gasteiger charge is 2.34. The number of nitrogens with one attached hydrogen (secondary N) is 1. The first-order valence-electron chi connectivity index (χ1n) is 13.7. The average Bonchev–Trinajstić information content (AvgIpc) is 2.97. The molecule has 8 nitrogen and oxygen atoms in total. The molecule has 0 saturated heterocycles. The first kappa shape index (κ1) is 32.0. The fraction of sp³-hybridized carbons (Fsp3) is 0.355. The number of benzene rings is 3. The fourth-order valence-electron chi connectivity index (χ4n) is 4.40. The Hall–Kier alpha value is -3.56. The lowest BCUT2D eigenvalue weighted by molar-refractivity contribution is -0.140. The summed E-state index contributed by atoms with van der Waals surface area (Å²) in [5.74, 6) is -0.517. The number of sulfonamides is 1. The number of anilines is 1. The Bertz CT molecular complexity index is 1410. The molecule has 2 amide bonds. The van der Waals surface area contributed by atoms with Crippen molar-refractivity contribution in [3.63, 3.8) is 0 Å². The number of unbranched alkanes of at least 4 members (excludes halogenated alkanes) is 1. The minimum absolute atomic E-state index is 0.0374. The van der Waals surface area contributed by atoms with Gasteiger partial charge in [0, 0.05) is 18.1 Å². The van der Waals surface area contributed by atoms with E-state index in [1.807, 2.05) is 20.8 Å². The summed E-state index contributed by atoms with van der Waals surface area (Å²) < 4.78 is 34.6. The van der Waals surface area contributed by atoms with Gasteiger partial charge >= 0.3 is 0 Å². The van der Waals surface area contributed by atoms with Gasteiger partial charge in [-0.25, -0.2) is 8.42 Å². The zero-order valence-corrected chi connectivity index (χ0v) is 25.5. The highest BCUT2D eigenvalue weighted by molar-refractivity contribution is 7.92. The van der Waals surface area contributed by atoms with Crippen LogP contribution in [0.5, 0.6) is 5.75 Å². The number of methoxy groups -OCH3 is 1. The number of hydrogen-bond donors (Lipinski definition) is 1. The Kier molecular flexibility index (Phi) is 11.6. The number of aryl methyl sites for hydroxylation is 1. The molecule has 0 unspecified atom stereocenters. The number of para-hydroxylation sites is 2. The van der Waals surface area contributed by atoms with Crippen LogP contribution in [0.3, 0.4) is 0 Å². The number of nitrogens with zero attached hydrogens (tertiary/aromatic N) is 2. The Labute approximate surface area is 248 Å². The van der Waals surface area contributed by atoms with E-state index in [0.717, 1.165) is 28.3 Å². The normalized spacial score (nSPS) is 11.9. The second-order valence-electron chi connectivity index (χ2n) is 9.71. The molecule has 3 rings (SSSR count). The first-order chi connectivity index (χ1) is 19.6. The van der Waals surface area contributed by atoms with Crippen molar-refractivity contribution in [1.29, 1.82) is 0 Å². The molecule has 1 atom stereocenters. The summed E-state index contributed by atoms with van der Waals surface area (Å²) in [6.07, 6.45) is 2.07. The van der Waals surface area contributed by atoms with E-state index in [-0.39, 0.29) is 23.0 Å². The van der Waals surface area contributed by atoms with Gasteiger partial charge in [-0.1, -0.05) is 73.8 Å². The number of ether oxygens (including phenoxy) is 1. The van der Waals surface area contributed by atoms with Gasteiger partial charge in [-0.15, -0.1) is 0 Å². The van der Waals surface area contributed by atoms with E-state index in [0.29, 0.717) is 23.7 Å². The molecule has 0 aliphatic carbocycles. The van der Waals surface area contributed by atoms with Gasteiger partial charge in [0.25, 0.3) is 10.0 Å². The summed E-state index contributed by atoms with van der Waals surface area (Å²) in [4.78, 5) is 28.9. The SMILES string of the molecule is CCCCNC(=O)[C@H](CC)N(Cc1ccc(Cl)cc1)C(=O)CN(c1ccccc1OC)S(=O)(=O)c1ccc(C)cc1.